The van der Waals surface area contributed by atoms with Gasteiger partial charge in [-0.3, -0.25) is 0 Å². The molecule has 0 heterocycles. The standard InChI is InChI=1S/C10H19N/c11-10-6-4-9(5-7-10)8-2-1-3-8/h8-10H,1-7,11H2. The quantitative estimate of drug-likeness (QED) is 0.614. The molecule has 1 nitrogen and oxygen atoms in total. The first-order chi connectivity index (χ1) is 5.36. The molecule has 0 aliphatic heterocycles. The van der Waals surface area contributed by atoms with Crippen molar-refractivity contribution in [3.63, 3.8) is 0 Å². The van der Waals surface area contributed by atoms with Crippen LogP contribution >= 0.6 is 0 Å². The average molecular weight is 153 g/mol. The summed E-state index contributed by atoms with van der Waals surface area (Å²) >= 11 is 0. The van der Waals surface area contributed by atoms with Crippen molar-refractivity contribution < 1.29 is 0 Å². The minimum atomic E-state index is 0.534. The Bertz CT molecular complexity index is 121. The lowest BCUT2D eigenvalue weighted by Gasteiger charge is -2.37. The Morgan fingerprint density at radius 1 is 0.727 bits per heavy atom. The Hall–Kier alpha value is -0.0400. The maximum absolute atomic E-state index is 5.86. The predicted octanol–water partition coefficient (Wildman–Crippen LogP) is 2.30. The van der Waals surface area contributed by atoms with Crippen LogP contribution in [0.15, 0.2) is 0 Å². The summed E-state index contributed by atoms with van der Waals surface area (Å²) in [5.41, 5.74) is 5.86. The van der Waals surface area contributed by atoms with E-state index >= 15 is 0 Å². The van der Waals surface area contributed by atoms with Gasteiger partial charge in [-0.25, -0.2) is 0 Å². The van der Waals surface area contributed by atoms with Crippen LogP contribution in [0.3, 0.4) is 0 Å². The van der Waals surface area contributed by atoms with E-state index in [0.717, 1.165) is 11.8 Å². The molecule has 2 fully saturated rings. The lowest BCUT2D eigenvalue weighted by Crippen LogP contribution is -2.31. The molecule has 0 unspecified atom stereocenters. The molecule has 0 aromatic heterocycles. The van der Waals surface area contributed by atoms with E-state index in [0.29, 0.717) is 6.04 Å². The smallest absolute Gasteiger partial charge is 0.00390 e. The van der Waals surface area contributed by atoms with Crippen molar-refractivity contribution in [3.8, 4) is 0 Å². The summed E-state index contributed by atoms with van der Waals surface area (Å²) in [6.45, 7) is 0. The summed E-state index contributed by atoms with van der Waals surface area (Å²) in [7, 11) is 0. The number of nitrogens with two attached hydrogens (primary N) is 1. The summed E-state index contributed by atoms with van der Waals surface area (Å²) < 4.78 is 0. The lowest BCUT2D eigenvalue weighted by atomic mass is 9.69. The van der Waals surface area contributed by atoms with Crippen LogP contribution in [0.1, 0.15) is 44.9 Å². The molecule has 64 valence electrons. The van der Waals surface area contributed by atoms with E-state index in [2.05, 4.69) is 0 Å². The van der Waals surface area contributed by atoms with Crippen molar-refractivity contribution in [1.82, 2.24) is 0 Å². The fourth-order valence-electron chi connectivity index (χ4n) is 2.53. The van der Waals surface area contributed by atoms with Gasteiger partial charge in [-0.15, -0.1) is 0 Å². The highest BCUT2D eigenvalue weighted by molar-refractivity contribution is 4.83. The lowest BCUT2D eigenvalue weighted by molar-refractivity contribution is 0.154. The van der Waals surface area contributed by atoms with Gasteiger partial charge in [-0.05, 0) is 37.5 Å². The van der Waals surface area contributed by atoms with Crippen molar-refractivity contribution >= 4 is 0 Å². The third-order valence-corrected chi connectivity index (χ3v) is 3.63. The third kappa shape index (κ3) is 1.58. The molecule has 2 saturated carbocycles. The molecule has 1 heteroatoms. The molecule has 11 heavy (non-hydrogen) atoms. The average Bonchev–Trinajstić information content (AvgIpc) is 1.90. The third-order valence-electron chi connectivity index (χ3n) is 3.63. The van der Waals surface area contributed by atoms with Gasteiger partial charge in [0.05, 0.1) is 0 Å². The van der Waals surface area contributed by atoms with E-state index in [1.165, 1.54) is 44.9 Å². The summed E-state index contributed by atoms with van der Waals surface area (Å²) in [4.78, 5) is 0. The number of rotatable bonds is 1. The van der Waals surface area contributed by atoms with Crippen LogP contribution in [0.4, 0.5) is 0 Å². The molecule has 0 saturated heterocycles. The molecular formula is C10H19N. The van der Waals surface area contributed by atoms with Crippen LogP contribution in [0.2, 0.25) is 0 Å². The van der Waals surface area contributed by atoms with Crippen LogP contribution in [-0.4, -0.2) is 6.04 Å². The summed E-state index contributed by atoms with van der Waals surface area (Å²) in [5.74, 6) is 2.16. The van der Waals surface area contributed by atoms with Gasteiger partial charge in [-0.2, -0.15) is 0 Å². The molecule has 2 rings (SSSR count). The highest BCUT2D eigenvalue weighted by Crippen LogP contribution is 2.40. The zero-order valence-electron chi connectivity index (χ0n) is 7.26. The summed E-state index contributed by atoms with van der Waals surface area (Å²) in [6.07, 6.45) is 9.95. The van der Waals surface area contributed by atoms with Gasteiger partial charge in [0.15, 0.2) is 0 Å². The molecular weight excluding hydrogens is 134 g/mol. The van der Waals surface area contributed by atoms with Crippen molar-refractivity contribution in [2.24, 2.45) is 17.6 Å². The molecule has 0 spiro atoms. The molecule has 2 N–H and O–H groups in total. The second kappa shape index (κ2) is 3.14. The largest absolute Gasteiger partial charge is 0.328 e. The van der Waals surface area contributed by atoms with Crippen molar-refractivity contribution in [2.75, 3.05) is 0 Å². The van der Waals surface area contributed by atoms with Crippen LogP contribution in [0, 0.1) is 11.8 Å². The maximum atomic E-state index is 5.86. The van der Waals surface area contributed by atoms with Gasteiger partial charge < -0.3 is 5.73 Å². The Morgan fingerprint density at radius 3 is 1.73 bits per heavy atom. The second-order valence-electron chi connectivity index (χ2n) is 4.37. The Kier molecular flexibility index (Phi) is 2.17. The molecule has 0 aromatic rings. The van der Waals surface area contributed by atoms with Gasteiger partial charge in [0.1, 0.15) is 0 Å². The maximum Gasteiger partial charge on any atom is 0.00390 e. The predicted molar refractivity (Wildman–Crippen MR) is 47.3 cm³/mol. The zero-order valence-corrected chi connectivity index (χ0v) is 7.26. The molecule has 2 aliphatic rings. The van der Waals surface area contributed by atoms with E-state index in [1.807, 2.05) is 0 Å². The van der Waals surface area contributed by atoms with E-state index in [-0.39, 0.29) is 0 Å². The summed E-state index contributed by atoms with van der Waals surface area (Å²) in [6, 6.07) is 0.534. The number of hydrogen-bond acceptors (Lipinski definition) is 1. The zero-order chi connectivity index (χ0) is 7.68. The highest BCUT2D eigenvalue weighted by atomic mass is 14.6. The van der Waals surface area contributed by atoms with Crippen molar-refractivity contribution in [3.05, 3.63) is 0 Å². The van der Waals surface area contributed by atoms with Crippen LogP contribution < -0.4 is 5.73 Å². The fraction of sp³-hybridized carbons (Fsp3) is 1.00. The Labute approximate surface area is 69.4 Å². The minimum Gasteiger partial charge on any atom is -0.328 e. The molecule has 0 amide bonds. The Morgan fingerprint density at radius 2 is 1.27 bits per heavy atom. The Balaban J connectivity index is 1.77. The SMILES string of the molecule is NC1CCC(C2CCC2)CC1. The van der Waals surface area contributed by atoms with Gasteiger partial charge in [-0.1, -0.05) is 19.3 Å². The van der Waals surface area contributed by atoms with Gasteiger partial charge in [0, 0.05) is 6.04 Å². The topological polar surface area (TPSA) is 26.0 Å². The van der Waals surface area contributed by atoms with Crippen LogP contribution in [0.25, 0.3) is 0 Å². The molecule has 0 bridgehead atoms. The second-order valence-corrected chi connectivity index (χ2v) is 4.37. The monoisotopic (exact) mass is 153 g/mol. The molecule has 0 radical (unpaired) electrons. The van der Waals surface area contributed by atoms with Crippen molar-refractivity contribution in [1.29, 1.82) is 0 Å². The first-order valence-corrected chi connectivity index (χ1v) is 5.12. The molecule has 2 aliphatic carbocycles. The fourth-order valence-corrected chi connectivity index (χ4v) is 2.53. The highest BCUT2D eigenvalue weighted by Gasteiger charge is 2.29. The number of hydrogen-bond donors (Lipinski definition) is 1. The first-order valence-electron chi connectivity index (χ1n) is 5.12. The first kappa shape index (κ1) is 7.60. The van der Waals surface area contributed by atoms with Gasteiger partial charge in [0.2, 0.25) is 0 Å². The van der Waals surface area contributed by atoms with E-state index in [4.69, 9.17) is 5.73 Å². The van der Waals surface area contributed by atoms with Gasteiger partial charge >= 0.3 is 0 Å². The van der Waals surface area contributed by atoms with E-state index in [9.17, 15) is 0 Å². The minimum absolute atomic E-state index is 0.534. The van der Waals surface area contributed by atoms with Gasteiger partial charge in [0.25, 0.3) is 0 Å². The van der Waals surface area contributed by atoms with Crippen molar-refractivity contribution in [2.45, 2.75) is 51.0 Å². The summed E-state index contributed by atoms with van der Waals surface area (Å²) in [5, 5.41) is 0. The van der Waals surface area contributed by atoms with E-state index in [1.54, 1.807) is 0 Å². The van der Waals surface area contributed by atoms with Crippen LogP contribution in [0.5, 0.6) is 0 Å². The van der Waals surface area contributed by atoms with Crippen LogP contribution in [-0.2, 0) is 0 Å². The molecule has 0 atom stereocenters. The van der Waals surface area contributed by atoms with E-state index < -0.39 is 0 Å². The normalized spacial score (nSPS) is 40.1. The molecule has 0 aromatic carbocycles.